The Balaban J connectivity index is 1.56. The predicted molar refractivity (Wildman–Crippen MR) is 125 cm³/mol. The van der Waals surface area contributed by atoms with Crippen molar-refractivity contribution < 1.29 is 23.5 Å². The SMILES string of the molecule is Cc1c(C(=O)C(=O)NC2(C#CC3(C)CC3)COC2)c(C)n(C)c1C(=O)Nc1ccc(F)c(C#N)c1. The van der Waals surface area contributed by atoms with Crippen molar-refractivity contribution in [1.82, 2.24) is 9.88 Å². The van der Waals surface area contributed by atoms with E-state index in [2.05, 4.69) is 29.4 Å². The second-order valence-electron chi connectivity index (χ2n) is 9.42. The van der Waals surface area contributed by atoms with E-state index in [-0.39, 0.29) is 41.1 Å². The van der Waals surface area contributed by atoms with Crippen molar-refractivity contribution in [2.24, 2.45) is 12.5 Å². The zero-order valence-corrected chi connectivity index (χ0v) is 20.0. The minimum Gasteiger partial charge on any atom is -0.374 e. The van der Waals surface area contributed by atoms with Crippen molar-refractivity contribution in [3.05, 3.63) is 52.1 Å². The molecule has 0 spiro atoms. The molecule has 1 aliphatic carbocycles. The van der Waals surface area contributed by atoms with Gasteiger partial charge in [-0.2, -0.15) is 5.26 Å². The molecular formula is C26H25FN4O4. The predicted octanol–water partition coefficient (Wildman–Crippen LogP) is 2.78. The quantitative estimate of drug-likeness (QED) is 0.391. The number of Topliss-reactive ketones (excluding diaryl/α,β-unsaturated/α-hetero) is 1. The summed E-state index contributed by atoms with van der Waals surface area (Å²) in [6.45, 7) is 5.70. The van der Waals surface area contributed by atoms with Crippen LogP contribution in [0.1, 0.15) is 57.4 Å². The molecule has 2 N–H and O–H groups in total. The molecule has 0 atom stereocenters. The zero-order valence-electron chi connectivity index (χ0n) is 20.0. The monoisotopic (exact) mass is 476 g/mol. The summed E-state index contributed by atoms with van der Waals surface area (Å²) in [5.74, 6) is 3.45. The number of benzene rings is 1. The van der Waals surface area contributed by atoms with Gasteiger partial charge in [0, 0.05) is 23.8 Å². The molecule has 1 aliphatic heterocycles. The maximum atomic E-state index is 13.6. The Bertz CT molecular complexity index is 1360. The van der Waals surface area contributed by atoms with Crippen LogP contribution < -0.4 is 10.6 Å². The molecule has 0 radical (unpaired) electrons. The Kier molecular flexibility index (Phi) is 6.00. The molecule has 4 rings (SSSR count). The van der Waals surface area contributed by atoms with E-state index in [1.807, 2.05) is 0 Å². The zero-order chi connectivity index (χ0) is 25.5. The molecule has 8 nitrogen and oxygen atoms in total. The average molecular weight is 477 g/mol. The standard InChI is InChI=1S/C26H25FN4O4/c1-15-20(22(32)24(34)30-26(13-35-14-26)10-9-25(3)7-8-25)16(2)31(4)21(15)23(33)29-18-5-6-19(27)17(11-18)12-28/h5-6,11H,7-8,13-14H2,1-4H3,(H,29,33)(H,30,34). The van der Waals surface area contributed by atoms with Gasteiger partial charge in [-0.05, 0) is 57.4 Å². The lowest BCUT2D eigenvalue weighted by Gasteiger charge is -2.37. The highest BCUT2D eigenvalue weighted by atomic mass is 19.1. The van der Waals surface area contributed by atoms with Gasteiger partial charge < -0.3 is 19.9 Å². The molecular weight excluding hydrogens is 451 g/mol. The molecule has 35 heavy (non-hydrogen) atoms. The number of ketones is 1. The van der Waals surface area contributed by atoms with Crippen molar-refractivity contribution in [3.8, 4) is 17.9 Å². The summed E-state index contributed by atoms with van der Waals surface area (Å²) in [6.07, 6.45) is 2.01. The van der Waals surface area contributed by atoms with Gasteiger partial charge in [0.05, 0.1) is 24.3 Å². The summed E-state index contributed by atoms with van der Waals surface area (Å²) in [7, 11) is 1.61. The van der Waals surface area contributed by atoms with Crippen LogP contribution in [0.25, 0.3) is 0 Å². The number of nitrogens with zero attached hydrogens (tertiary/aromatic N) is 2. The fourth-order valence-electron chi connectivity index (χ4n) is 3.97. The van der Waals surface area contributed by atoms with Gasteiger partial charge in [-0.3, -0.25) is 14.4 Å². The van der Waals surface area contributed by atoms with Gasteiger partial charge in [0.1, 0.15) is 23.1 Å². The molecule has 9 heteroatoms. The molecule has 2 heterocycles. The first-order chi connectivity index (χ1) is 16.5. The van der Waals surface area contributed by atoms with E-state index in [4.69, 9.17) is 10.00 Å². The van der Waals surface area contributed by atoms with Crippen molar-refractivity contribution in [3.63, 3.8) is 0 Å². The van der Waals surface area contributed by atoms with Gasteiger partial charge in [0.25, 0.3) is 17.6 Å². The number of hydrogen-bond acceptors (Lipinski definition) is 5. The summed E-state index contributed by atoms with van der Waals surface area (Å²) in [6, 6.07) is 5.37. The van der Waals surface area contributed by atoms with Gasteiger partial charge in [0.2, 0.25) is 0 Å². The first-order valence-electron chi connectivity index (χ1n) is 11.1. The smallest absolute Gasteiger partial charge is 0.293 e. The summed E-state index contributed by atoms with van der Waals surface area (Å²) < 4.78 is 20.4. The highest BCUT2D eigenvalue weighted by molar-refractivity contribution is 6.44. The molecule has 2 fully saturated rings. The Hall–Kier alpha value is -3.95. The largest absolute Gasteiger partial charge is 0.374 e. The van der Waals surface area contributed by atoms with Crippen LogP contribution in [0.5, 0.6) is 0 Å². The van der Waals surface area contributed by atoms with E-state index in [0.717, 1.165) is 18.9 Å². The van der Waals surface area contributed by atoms with Crippen LogP contribution in [-0.2, 0) is 16.6 Å². The molecule has 2 aliphatic rings. The van der Waals surface area contributed by atoms with Crippen LogP contribution in [0, 0.1) is 48.3 Å². The maximum Gasteiger partial charge on any atom is 0.293 e. The summed E-state index contributed by atoms with van der Waals surface area (Å²) in [5.41, 5.74) is 0.172. The molecule has 0 bridgehead atoms. The van der Waals surface area contributed by atoms with E-state index >= 15 is 0 Å². The van der Waals surface area contributed by atoms with E-state index in [1.54, 1.807) is 27.0 Å². The number of nitriles is 1. The number of amides is 2. The van der Waals surface area contributed by atoms with E-state index in [0.29, 0.717) is 11.3 Å². The van der Waals surface area contributed by atoms with Gasteiger partial charge in [-0.1, -0.05) is 11.8 Å². The van der Waals surface area contributed by atoms with E-state index < -0.39 is 29.0 Å². The number of halogens is 1. The lowest BCUT2D eigenvalue weighted by molar-refractivity contribution is -0.124. The number of nitrogens with one attached hydrogen (secondary N) is 2. The van der Waals surface area contributed by atoms with Crippen molar-refractivity contribution in [2.45, 2.75) is 39.2 Å². The third kappa shape index (κ3) is 4.55. The lowest BCUT2D eigenvalue weighted by Crippen LogP contribution is -2.62. The molecule has 2 amide bonds. The van der Waals surface area contributed by atoms with Crippen LogP contribution in [0.15, 0.2) is 18.2 Å². The summed E-state index contributed by atoms with van der Waals surface area (Å²) >= 11 is 0. The Morgan fingerprint density at radius 1 is 1.17 bits per heavy atom. The second-order valence-corrected chi connectivity index (χ2v) is 9.42. The number of rotatable bonds is 5. The number of anilines is 1. The molecule has 1 saturated heterocycles. The fourth-order valence-corrected chi connectivity index (χ4v) is 3.97. The molecule has 1 saturated carbocycles. The fraction of sp³-hybridized carbons (Fsp3) is 0.385. The third-order valence-electron chi connectivity index (χ3n) is 6.58. The van der Waals surface area contributed by atoms with E-state index in [9.17, 15) is 18.8 Å². The van der Waals surface area contributed by atoms with Gasteiger partial charge in [0.15, 0.2) is 0 Å². The normalized spacial score (nSPS) is 16.7. The number of ether oxygens (including phenoxy) is 1. The average Bonchev–Trinajstić information content (AvgIpc) is 3.48. The van der Waals surface area contributed by atoms with Gasteiger partial charge in [-0.25, -0.2) is 4.39 Å². The molecule has 180 valence electrons. The number of carbonyl (C=O) groups is 3. The number of hydrogen-bond donors (Lipinski definition) is 2. The third-order valence-corrected chi connectivity index (χ3v) is 6.58. The van der Waals surface area contributed by atoms with Crippen molar-refractivity contribution in [2.75, 3.05) is 18.5 Å². The number of aromatic nitrogens is 1. The van der Waals surface area contributed by atoms with Gasteiger partial charge in [-0.15, -0.1) is 0 Å². The maximum absolute atomic E-state index is 13.6. The van der Waals surface area contributed by atoms with Gasteiger partial charge >= 0.3 is 0 Å². The minimum atomic E-state index is -0.893. The molecule has 0 unspecified atom stereocenters. The molecule has 1 aromatic heterocycles. The molecule has 2 aromatic rings. The van der Waals surface area contributed by atoms with Crippen molar-refractivity contribution >= 4 is 23.3 Å². The highest BCUT2D eigenvalue weighted by Crippen LogP contribution is 2.44. The summed E-state index contributed by atoms with van der Waals surface area (Å²) in [4.78, 5) is 39.1. The van der Waals surface area contributed by atoms with Crippen LogP contribution in [0.2, 0.25) is 0 Å². The summed E-state index contributed by atoms with van der Waals surface area (Å²) in [5, 5.41) is 14.4. The Morgan fingerprint density at radius 2 is 1.86 bits per heavy atom. The van der Waals surface area contributed by atoms with Crippen LogP contribution in [0.3, 0.4) is 0 Å². The van der Waals surface area contributed by atoms with Crippen LogP contribution in [0.4, 0.5) is 10.1 Å². The van der Waals surface area contributed by atoms with Crippen LogP contribution in [-0.4, -0.2) is 40.9 Å². The second kappa shape index (κ2) is 8.68. The van der Waals surface area contributed by atoms with Crippen molar-refractivity contribution in [1.29, 1.82) is 5.26 Å². The first-order valence-corrected chi connectivity index (χ1v) is 11.1. The molecule has 1 aromatic carbocycles. The highest BCUT2D eigenvalue weighted by Gasteiger charge is 2.42. The van der Waals surface area contributed by atoms with E-state index in [1.165, 1.54) is 16.7 Å². The minimum absolute atomic E-state index is 0.0370. The number of carbonyl (C=O) groups excluding carboxylic acids is 3. The first kappa shape index (κ1) is 24.2. The van der Waals surface area contributed by atoms with Crippen LogP contribution >= 0.6 is 0 Å². The topological polar surface area (TPSA) is 113 Å². The Morgan fingerprint density at radius 3 is 2.43 bits per heavy atom. The Labute approximate surface area is 202 Å². The lowest BCUT2D eigenvalue weighted by atomic mass is 9.95.